The van der Waals surface area contributed by atoms with Gasteiger partial charge in [0, 0.05) is 76.4 Å². The van der Waals surface area contributed by atoms with Gasteiger partial charge in [-0.3, -0.25) is 14.5 Å². The summed E-state index contributed by atoms with van der Waals surface area (Å²) < 4.78 is -0.0906. The number of amides is 2. The largest absolute Gasteiger partial charge is 0.361 e. The second-order valence-electron chi connectivity index (χ2n) is 11.6. The van der Waals surface area contributed by atoms with E-state index < -0.39 is 10.8 Å². The van der Waals surface area contributed by atoms with Gasteiger partial charge in [0.1, 0.15) is 4.75 Å². The number of carbonyl (C=O) groups is 2. The molecule has 2 aliphatic rings. The van der Waals surface area contributed by atoms with Crippen molar-refractivity contribution in [3.63, 3.8) is 0 Å². The van der Waals surface area contributed by atoms with Gasteiger partial charge in [0.05, 0.1) is 12.5 Å². The first-order valence-corrected chi connectivity index (χ1v) is 17.0. The van der Waals surface area contributed by atoms with Crippen molar-refractivity contribution >= 4 is 62.0 Å². The number of rotatable bonds is 9. The molecule has 0 radical (unpaired) electrons. The number of halogens is 2. The van der Waals surface area contributed by atoms with Crippen LogP contribution in [0.1, 0.15) is 36.1 Å². The molecule has 7 nitrogen and oxygen atoms in total. The van der Waals surface area contributed by atoms with Crippen molar-refractivity contribution in [2.45, 2.75) is 42.5 Å². The van der Waals surface area contributed by atoms with E-state index in [4.69, 9.17) is 11.6 Å². The van der Waals surface area contributed by atoms with Crippen LogP contribution in [-0.4, -0.2) is 75.6 Å². The molecule has 2 N–H and O–H groups in total. The number of fused-ring (bicyclic) bond motifs is 1. The molecule has 44 heavy (non-hydrogen) atoms. The Morgan fingerprint density at radius 3 is 2.50 bits per heavy atom. The van der Waals surface area contributed by atoms with Crippen molar-refractivity contribution in [2.75, 3.05) is 39.4 Å². The molecule has 10 heteroatoms. The fraction of sp³-hybridized carbons (Fsp3) is 0.353. The maximum atomic E-state index is 15.1. The second kappa shape index (κ2) is 13.3. The van der Waals surface area contributed by atoms with E-state index in [9.17, 15) is 4.79 Å². The van der Waals surface area contributed by atoms with E-state index in [0.717, 1.165) is 63.3 Å². The van der Waals surface area contributed by atoms with Gasteiger partial charge >= 0.3 is 0 Å². The third kappa shape index (κ3) is 6.30. The summed E-state index contributed by atoms with van der Waals surface area (Å²) in [5.41, 5.74) is 3.97. The van der Waals surface area contributed by atoms with Crippen LogP contribution in [0, 0.1) is 6.92 Å². The summed E-state index contributed by atoms with van der Waals surface area (Å²) in [7, 11) is 0. The molecule has 2 atom stereocenters. The van der Waals surface area contributed by atoms with Crippen molar-refractivity contribution in [3.8, 4) is 0 Å². The quantitative estimate of drug-likeness (QED) is 0.207. The normalized spacial score (nSPS) is 21.0. The molecule has 0 aliphatic carbocycles. The summed E-state index contributed by atoms with van der Waals surface area (Å²) in [5.74, 6) is -0.00822. The molecule has 1 aromatic heterocycles. The van der Waals surface area contributed by atoms with Crippen LogP contribution >= 0.6 is 39.3 Å². The Labute approximate surface area is 276 Å². The van der Waals surface area contributed by atoms with Crippen LogP contribution in [0.3, 0.4) is 0 Å². The molecule has 2 amide bonds. The van der Waals surface area contributed by atoms with E-state index in [0.29, 0.717) is 24.7 Å². The summed E-state index contributed by atoms with van der Waals surface area (Å²) in [4.78, 5) is 39.9. The molecular weight excluding hydrogens is 658 g/mol. The predicted molar refractivity (Wildman–Crippen MR) is 182 cm³/mol. The van der Waals surface area contributed by atoms with Gasteiger partial charge in [-0.05, 0) is 55.4 Å². The molecule has 6 rings (SSSR count). The molecule has 2 unspecified atom stereocenters. The monoisotopic (exact) mass is 693 g/mol. The number of nitrogens with zero attached hydrogens (tertiary/aromatic N) is 3. The number of thioether (sulfide) groups is 1. The van der Waals surface area contributed by atoms with E-state index in [1.807, 2.05) is 58.5 Å². The highest BCUT2D eigenvalue weighted by Crippen LogP contribution is 2.55. The van der Waals surface area contributed by atoms with Crippen molar-refractivity contribution in [1.29, 1.82) is 0 Å². The second-order valence-corrected chi connectivity index (χ2v) is 14.4. The zero-order valence-corrected chi connectivity index (χ0v) is 28.1. The molecule has 0 saturated carbocycles. The van der Waals surface area contributed by atoms with Crippen molar-refractivity contribution in [3.05, 3.63) is 99.1 Å². The highest BCUT2D eigenvalue weighted by Gasteiger charge is 2.59. The summed E-state index contributed by atoms with van der Waals surface area (Å²) in [6.45, 7) is 9.09. The van der Waals surface area contributed by atoms with Gasteiger partial charge in [0.2, 0.25) is 11.8 Å². The Balaban J connectivity index is 1.46. The van der Waals surface area contributed by atoms with Gasteiger partial charge in [-0.1, -0.05) is 70.3 Å². The zero-order chi connectivity index (χ0) is 30.8. The maximum Gasteiger partial charge on any atom is 0.242 e. The third-order valence-electron chi connectivity index (χ3n) is 8.65. The van der Waals surface area contributed by atoms with Crippen molar-refractivity contribution in [2.24, 2.45) is 0 Å². The number of aryl methyl sites for hydroxylation is 1. The van der Waals surface area contributed by atoms with E-state index >= 15 is 4.79 Å². The van der Waals surface area contributed by atoms with Crippen molar-refractivity contribution in [1.82, 2.24) is 25.0 Å². The summed E-state index contributed by atoms with van der Waals surface area (Å²) in [6, 6.07) is 21.6. The average molecular weight is 695 g/mol. The molecule has 2 fully saturated rings. The van der Waals surface area contributed by atoms with Crippen LogP contribution in [0.25, 0.3) is 10.9 Å². The van der Waals surface area contributed by atoms with Crippen LogP contribution in [-0.2, 0) is 16.1 Å². The number of hydrogen-bond acceptors (Lipinski definition) is 5. The first-order chi connectivity index (χ1) is 21.3. The number of likely N-dealkylation sites (tertiary alicyclic amines) is 1. The SMILES string of the molecule is CCNCN1CCN(C(=O)C2(Sc3ccc(C)cc3)CC(=O)N(Cc3ccc(Br)cc3)C2c2c[nH]c3cc(Cl)ccc23)CC1. The van der Waals surface area contributed by atoms with Gasteiger partial charge in [-0.25, -0.2) is 0 Å². The lowest BCUT2D eigenvalue weighted by Crippen LogP contribution is -2.57. The molecule has 2 saturated heterocycles. The van der Waals surface area contributed by atoms with E-state index in [-0.39, 0.29) is 18.2 Å². The first-order valence-electron chi connectivity index (χ1n) is 15.1. The summed E-state index contributed by atoms with van der Waals surface area (Å²) in [6.07, 6.45) is 2.08. The molecule has 2 aliphatic heterocycles. The molecule has 3 heterocycles. The number of aromatic nitrogens is 1. The summed E-state index contributed by atoms with van der Waals surface area (Å²) in [5, 5.41) is 4.99. The smallest absolute Gasteiger partial charge is 0.242 e. The zero-order valence-electron chi connectivity index (χ0n) is 25.0. The van der Waals surface area contributed by atoms with Gasteiger partial charge < -0.3 is 20.1 Å². The van der Waals surface area contributed by atoms with E-state index in [1.54, 1.807) is 0 Å². The van der Waals surface area contributed by atoms with Gasteiger partial charge in [-0.15, -0.1) is 11.8 Å². The van der Waals surface area contributed by atoms with Crippen molar-refractivity contribution < 1.29 is 9.59 Å². The number of hydrogen-bond donors (Lipinski definition) is 2. The summed E-state index contributed by atoms with van der Waals surface area (Å²) >= 11 is 11.4. The highest BCUT2D eigenvalue weighted by atomic mass is 79.9. The van der Waals surface area contributed by atoms with Crippen LogP contribution in [0.15, 0.2) is 82.3 Å². The number of carbonyl (C=O) groups excluding carboxylic acids is 2. The maximum absolute atomic E-state index is 15.1. The number of benzene rings is 3. The topological polar surface area (TPSA) is 71.7 Å². The molecule has 230 valence electrons. The number of aromatic amines is 1. The minimum atomic E-state index is -1.07. The first kappa shape index (κ1) is 31.2. The molecule has 0 spiro atoms. The van der Waals surface area contributed by atoms with Gasteiger partial charge in [-0.2, -0.15) is 0 Å². The fourth-order valence-electron chi connectivity index (χ4n) is 6.34. The molecule has 3 aromatic carbocycles. The van der Waals surface area contributed by atoms with Gasteiger partial charge in [0.25, 0.3) is 0 Å². The molecule has 0 bridgehead atoms. The van der Waals surface area contributed by atoms with E-state index in [2.05, 4.69) is 69.2 Å². The lowest BCUT2D eigenvalue weighted by atomic mass is 9.90. The molecular formula is C34H37BrClN5O2S. The Hall–Kier alpha value is -2.82. The minimum Gasteiger partial charge on any atom is -0.361 e. The Morgan fingerprint density at radius 1 is 1.07 bits per heavy atom. The number of piperazine rings is 1. The Morgan fingerprint density at radius 2 is 1.80 bits per heavy atom. The van der Waals surface area contributed by atoms with Crippen LogP contribution in [0.5, 0.6) is 0 Å². The van der Waals surface area contributed by atoms with Crippen LogP contribution < -0.4 is 5.32 Å². The van der Waals surface area contributed by atoms with Gasteiger partial charge in [0.15, 0.2) is 0 Å². The number of H-pyrrole nitrogens is 1. The van der Waals surface area contributed by atoms with E-state index in [1.165, 1.54) is 11.8 Å². The Bertz CT molecular complexity index is 1640. The fourth-order valence-corrected chi connectivity index (χ4v) is 8.25. The Kier molecular flexibility index (Phi) is 9.40. The lowest BCUT2D eigenvalue weighted by Gasteiger charge is -2.42. The van der Waals surface area contributed by atoms with Crippen LogP contribution in [0.2, 0.25) is 5.02 Å². The standard InChI is InChI=1S/C34H37BrClN5O2S/c1-3-37-22-39-14-16-40(17-15-39)33(43)34(44-27-11-4-23(2)5-12-27)19-31(42)41(21-24-6-8-25(35)9-7-24)32(34)29-20-38-30-18-26(36)10-13-28(29)30/h4-13,18,20,32,37-38H,3,14-17,19,21-22H2,1-2H3. The third-order valence-corrected chi connectivity index (χ3v) is 10.8. The highest BCUT2D eigenvalue weighted by molar-refractivity contribution is 9.10. The van der Waals surface area contributed by atoms with Crippen LogP contribution in [0.4, 0.5) is 0 Å². The predicted octanol–water partition coefficient (Wildman–Crippen LogP) is 6.61. The lowest BCUT2D eigenvalue weighted by molar-refractivity contribution is -0.136. The number of nitrogens with one attached hydrogen (secondary N) is 2. The molecule has 4 aromatic rings. The average Bonchev–Trinajstić information content (AvgIpc) is 3.55. The minimum absolute atomic E-state index is 0.0196.